The number of carboxylic acid groups (broad SMARTS) is 1. The molecular weight excluding hydrogens is 380 g/mol. The molecule has 2 fully saturated rings. The average Bonchev–Trinajstić information content (AvgIpc) is 3.08. The third-order valence-corrected chi connectivity index (χ3v) is 6.04. The highest BCUT2D eigenvalue weighted by atomic mass is 35.5. The van der Waals surface area contributed by atoms with Crippen molar-refractivity contribution in [2.24, 2.45) is 17.8 Å². The molecule has 1 aromatic carbocycles. The van der Waals surface area contributed by atoms with Crippen molar-refractivity contribution in [1.29, 1.82) is 0 Å². The number of carboxylic acids is 1. The van der Waals surface area contributed by atoms with Crippen LogP contribution >= 0.6 is 11.6 Å². The van der Waals surface area contributed by atoms with Crippen molar-refractivity contribution < 1.29 is 19.5 Å². The molecule has 4 unspecified atom stereocenters. The predicted molar refractivity (Wildman–Crippen MR) is 106 cm³/mol. The maximum absolute atomic E-state index is 13.2. The maximum atomic E-state index is 13.2. The molecule has 0 aliphatic carbocycles. The number of hydrogen-bond donors (Lipinski definition) is 2. The van der Waals surface area contributed by atoms with Crippen molar-refractivity contribution >= 4 is 29.4 Å². The van der Waals surface area contributed by atoms with Gasteiger partial charge in [-0.25, -0.2) is 0 Å². The molecule has 152 valence electrons. The second-order valence-corrected chi connectivity index (χ2v) is 8.67. The third-order valence-electron chi connectivity index (χ3n) is 5.80. The number of aliphatic carboxylic acids is 1. The predicted octanol–water partition coefficient (Wildman–Crippen LogP) is 3.26. The Labute approximate surface area is 170 Å². The number of nitrogens with zero attached hydrogens (tertiary/aromatic N) is 1. The van der Waals surface area contributed by atoms with E-state index in [0.29, 0.717) is 18.0 Å². The molecule has 2 aliphatic heterocycles. The molecule has 2 N–H and O–H groups in total. The zero-order chi connectivity index (χ0) is 20.6. The first-order chi connectivity index (χ1) is 13.2. The number of likely N-dealkylation sites (tertiary alicyclic amines) is 1. The number of hydrogen-bond acceptors (Lipinski definition) is 4. The van der Waals surface area contributed by atoms with Gasteiger partial charge in [0, 0.05) is 17.6 Å². The Bertz CT molecular complexity index is 796. The molecule has 2 heterocycles. The molecule has 28 heavy (non-hydrogen) atoms. The fourth-order valence-electron chi connectivity index (χ4n) is 4.70. The minimum absolute atomic E-state index is 0.0370. The molecule has 0 spiro atoms. The number of fused-ring (bicyclic) bond motifs is 1. The summed E-state index contributed by atoms with van der Waals surface area (Å²) in [6.45, 7) is 6.16. The van der Waals surface area contributed by atoms with Crippen LogP contribution in [0.15, 0.2) is 24.3 Å². The Kier molecular flexibility index (Phi) is 5.82. The van der Waals surface area contributed by atoms with E-state index in [1.807, 2.05) is 26.8 Å². The first kappa shape index (κ1) is 20.8. The molecule has 4 atom stereocenters. The van der Waals surface area contributed by atoms with Gasteiger partial charge in [-0.1, -0.05) is 50.9 Å². The Hall–Kier alpha value is -1.92. The standard InChI is InChI=1S/C21H27ClN2O4/c1-4-5-9-24-18(25)15-16(19(24)26)21(20(27)28,11-12(2)3)23-17(15)13-7-6-8-14(22)10-13/h6-8,10,12,15-17,23H,4-5,9,11H2,1-3H3,(H,27,28). The smallest absolute Gasteiger partial charge is 0.324 e. The molecule has 0 aromatic heterocycles. The van der Waals surface area contributed by atoms with Crippen molar-refractivity contribution in [3.05, 3.63) is 34.9 Å². The summed E-state index contributed by atoms with van der Waals surface area (Å²) in [6.07, 6.45) is 1.82. The molecule has 2 amide bonds. The lowest BCUT2D eigenvalue weighted by Crippen LogP contribution is -2.56. The SMILES string of the molecule is CCCCN1C(=O)C2C(c3cccc(Cl)c3)NC(CC(C)C)(C(=O)O)C2C1=O. The highest BCUT2D eigenvalue weighted by Crippen LogP contribution is 2.51. The number of halogens is 1. The highest BCUT2D eigenvalue weighted by Gasteiger charge is 2.68. The van der Waals surface area contributed by atoms with Gasteiger partial charge in [-0.15, -0.1) is 0 Å². The topological polar surface area (TPSA) is 86.7 Å². The van der Waals surface area contributed by atoms with Crippen LogP contribution in [0.25, 0.3) is 0 Å². The number of imide groups is 1. The van der Waals surface area contributed by atoms with Crippen LogP contribution in [0.2, 0.25) is 5.02 Å². The van der Waals surface area contributed by atoms with Gasteiger partial charge in [-0.05, 0) is 36.5 Å². The van der Waals surface area contributed by atoms with Crippen LogP contribution in [0, 0.1) is 17.8 Å². The summed E-state index contributed by atoms with van der Waals surface area (Å²) in [4.78, 5) is 40.2. The monoisotopic (exact) mass is 406 g/mol. The first-order valence-corrected chi connectivity index (χ1v) is 10.2. The van der Waals surface area contributed by atoms with Crippen LogP contribution in [0.4, 0.5) is 0 Å². The summed E-state index contributed by atoms with van der Waals surface area (Å²) < 4.78 is 0. The van der Waals surface area contributed by atoms with Crippen molar-refractivity contribution in [1.82, 2.24) is 10.2 Å². The second-order valence-electron chi connectivity index (χ2n) is 8.24. The van der Waals surface area contributed by atoms with Crippen LogP contribution in [0.3, 0.4) is 0 Å². The zero-order valence-electron chi connectivity index (χ0n) is 16.4. The molecule has 0 bridgehead atoms. The largest absolute Gasteiger partial charge is 0.480 e. The summed E-state index contributed by atoms with van der Waals surface area (Å²) in [6, 6.07) is 6.48. The van der Waals surface area contributed by atoms with Crippen LogP contribution in [-0.4, -0.2) is 39.9 Å². The fraction of sp³-hybridized carbons (Fsp3) is 0.571. The number of benzene rings is 1. The number of nitrogens with one attached hydrogen (secondary N) is 1. The summed E-state index contributed by atoms with van der Waals surface area (Å²) in [5.74, 6) is -3.36. The van der Waals surface area contributed by atoms with E-state index in [0.717, 1.165) is 12.0 Å². The van der Waals surface area contributed by atoms with E-state index >= 15 is 0 Å². The van der Waals surface area contributed by atoms with Crippen LogP contribution in [0.5, 0.6) is 0 Å². The van der Waals surface area contributed by atoms with Gasteiger partial charge < -0.3 is 5.11 Å². The van der Waals surface area contributed by atoms with Crippen LogP contribution < -0.4 is 5.32 Å². The van der Waals surface area contributed by atoms with E-state index in [1.165, 1.54) is 4.90 Å². The molecular formula is C21H27ClN2O4. The van der Waals surface area contributed by atoms with E-state index in [1.54, 1.807) is 18.2 Å². The Morgan fingerprint density at radius 3 is 2.61 bits per heavy atom. The first-order valence-electron chi connectivity index (χ1n) is 9.84. The van der Waals surface area contributed by atoms with E-state index in [9.17, 15) is 19.5 Å². The van der Waals surface area contributed by atoms with E-state index in [-0.39, 0.29) is 24.2 Å². The zero-order valence-corrected chi connectivity index (χ0v) is 17.2. The molecule has 1 aromatic rings. The highest BCUT2D eigenvalue weighted by molar-refractivity contribution is 6.30. The Balaban J connectivity index is 2.11. The number of amides is 2. The maximum Gasteiger partial charge on any atom is 0.324 e. The summed E-state index contributed by atoms with van der Waals surface area (Å²) in [5, 5.41) is 13.9. The molecule has 7 heteroatoms. The summed E-state index contributed by atoms with van der Waals surface area (Å²) >= 11 is 6.14. The number of rotatable bonds is 7. The molecule has 3 rings (SSSR count). The molecule has 6 nitrogen and oxygen atoms in total. The van der Waals surface area contributed by atoms with Gasteiger partial charge in [0.15, 0.2) is 0 Å². The van der Waals surface area contributed by atoms with Gasteiger partial charge in [0.05, 0.1) is 11.8 Å². The van der Waals surface area contributed by atoms with Gasteiger partial charge in [0.25, 0.3) is 0 Å². The van der Waals surface area contributed by atoms with Crippen molar-refractivity contribution in [2.45, 2.75) is 51.6 Å². The molecule has 2 aliphatic rings. The van der Waals surface area contributed by atoms with Crippen LogP contribution in [-0.2, 0) is 14.4 Å². The average molecular weight is 407 g/mol. The van der Waals surface area contributed by atoms with Gasteiger partial charge >= 0.3 is 5.97 Å². The number of carbonyl (C=O) groups is 3. The lowest BCUT2D eigenvalue weighted by Gasteiger charge is -2.32. The summed E-state index contributed by atoms with van der Waals surface area (Å²) in [5.41, 5.74) is -0.743. The minimum Gasteiger partial charge on any atom is -0.480 e. The Morgan fingerprint density at radius 2 is 2.04 bits per heavy atom. The molecule has 0 radical (unpaired) electrons. The summed E-state index contributed by atoms with van der Waals surface area (Å²) in [7, 11) is 0. The molecule has 2 saturated heterocycles. The number of carbonyl (C=O) groups excluding carboxylic acids is 2. The van der Waals surface area contributed by atoms with Crippen molar-refractivity contribution in [3.63, 3.8) is 0 Å². The van der Waals surface area contributed by atoms with Gasteiger partial charge in [0.2, 0.25) is 11.8 Å². The minimum atomic E-state index is -1.47. The quantitative estimate of drug-likeness (QED) is 0.679. The third kappa shape index (κ3) is 3.33. The lowest BCUT2D eigenvalue weighted by molar-refractivity contribution is -0.152. The second kappa shape index (κ2) is 7.84. The van der Waals surface area contributed by atoms with E-state index < -0.39 is 29.4 Å². The normalized spacial score (nSPS) is 29.6. The van der Waals surface area contributed by atoms with Gasteiger partial charge in [-0.2, -0.15) is 0 Å². The van der Waals surface area contributed by atoms with Crippen LogP contribution in [0.1, 0.15) is 51.6 Å². The fourth-order valence-corrected chi connectivity index (χ4v) is 4.90. The van der Waals surface area contributed by atoms with E-state index in [4.69, 9.17) is 11.6 Å². The molecule has 0 saturated carbocycles. The Morgan fingerprint density at radius 1 is 1.32 bits per heavy atom. The van der Waals surface area contributed by atoms with Crippen molar-refractivity contribution in [2.75, 3.05) is 6.54 Å². The van der Waals surface area contributed by atoms with Gasteiger partial charge in [-0.3, -0.25) is 24.6 Å². The van der Waals surface area contributed by atoms with E-state index in [2.05, 4.69) is 5.32 Å². The number of unbranched alkanes of at least 4 members (excludes halogenated alkanes) is 1. The lowest BCUT2D eigenvalue weighted by atomic mass is 9.75. The van der Waals surface area contributed by atoms with Gasteiger partial charge in [0.1, 0.15) is 5.54 Å². The van der Waals surface area contributed by atoms with Crippen molar-refractivity contribution in [3.8, 4) is 0 Å².